The van der Waals surface area contributed by atoms with E-state index < -0.39 is 0 Å². The molecule has 0 aromatic rings. The van der Waals surface area contributed by atoms with Gasteiger partial charge in [-0.05, 0) is 24.7 Å². The lowest BCUT2D eigenvalue weighted by Crippen LogP contribution is -2.39. The first kappa shape index (κ1) is 11.0. The summed E-state index contributed by atoms with van der Waals surface area (Å²) in [4.78, 5) is 23.8. The summed E-state index contributed by atoms with van der Waals surface area (Å²) in [6.45, 7) is 0.582. The van der Waals surface area contributed by atoms with Gasteiger partial charge in [-0.2, -0.15) is 0 Å². The fraction of sp³-hybridized carbons (Fsp3) is 0.692. The summed E-state index contributed by atoms with van der Waals surface area (Å²) in [7, 11) is 0. The van der Waals surface area contributed by atoms with Crippen LogP contribution in [0.25, 0.3) is 0 Å². The van der Waals surface area contributed by atoms with Gasteiger partial charge in [-0.25, -0.2) is 0 Å². The predicted molar refractivity (Wildman–Crippen MR) is 61.0 cm³/mol. The highest BCUT2D eigenvalue weighted by atomic mass is 16.3. The third-order valence-corrected chi connectivity index (χ3v) is 4.53. The summed E-state index contributed by atoms with van der Waals surface area (Å²) in [5.74, 6) is 0.663. The van der Waals surface area contributed by atoms with Crippen LogP contribution in [0.15, 0.2) is 12.2 Å². The monoisotopic (exact) mass is 235 g/mol. The van der Waals surface area contributed by atoms with Crippen LogP contribution in [0.3, 0.4) is 0 Å². The van der Waals surface area contributed by atoms with E-state index in [1.807, 2.05) is 0 Å². The van der Waals surface area contributed by atoms with Crippen molar-refractivity contribution >= 4 is 11.7 Å². The van der Waals surface area contributed by atoms with E-state index in [9.17, 15) is 9.59 Å². The van der Waals surface area contributed by atoms with Gasteiger partial charge in [0.1, 0.15) is 5.78 Å². The number of Topliss-reactive ketones (excluding diaryl/α,β-unsaturated/α-hetero) is 1. The lowest BCUT2D eigenvalue weighted by molar-refractivity contribution is -0.130. The van der Waals surface area contributed by atoms with Crippen molar-refractivity contribution in [1.82, 2.24) is 5.32 Å². The van der Waals surface area contributed by atoms with Gasteiger partial charge in [0.2, 0.25) is 5.91 Å². The zero-order chi connectivity index (χ0) is 12.0. The molecule has 92 valence electrons. The number of ketones is 1. The van der Waals surface area contributed by atoms with Crippen molar-refractivity contribution in [3.8, 4) is 0 Å². The topological polar surface area (TPSA) is 66.4 Å². The van der Waals surface area contributed by atoms with Crippen LogP contribution in [-0.4, -0.2) is 29.9 Å². The third kappa shape index (κ3) is 1.40. The number of carbonyl (C=O) groups is 2. The molecule has 1 amide bonds. The van der Waals surface area contributed by atoms with Gasteiger partial charge in [-0.1, -0.05) is 12.2 Å². The Morgan fingerprint density at radius 2 is 2.29 bits per heavy atom. The van der Waals surface area contributed by atoms with Crippen LogP contribution in [-0.2, 0) is 9.59 Å². The maximum absolute atomic E-state index is 12.1. The summed E-state index contributed by atoms with van der Waals surface area (Å²) in [6, 6.07) is 0. The first-order valence-electron chi connectivity index (χ1n) is 6.30. The molecule has 3 aliphatic rings. The summed E-state index contributed by atoms with van der Waals surface area (Å²) in [5, 5.41) is 11.5. The second-order valence-electron chi connectivity index (χ2n) is 5.38. The highest BCUT2D eigenvalue weighted by Crippen LogP contribution is 2.66. The Balaban J connectivity index is 1.72. The number of carbonyl (C=O) groups excluding carboxylic acids is 2. The van der Waals surface area contributed by atoms with Gasteiger partial charge in [0.15, 0.2) is 0 Å². The van der Waals surface area contributed by atoms with Crippen LogP contribution in [0, 0.1) is 23.2 Å². The summed E-state index contributed by atoms with van der Waals surface area (Å²) in [5.41, 5.74) is -0.345. The van der Waals surface area contributed by atoms with Gasteiger partial charge in [-0.15, -0.1) is 0 Å². The van der Waals surface area contributed by atoms with Crippen molar-refractivity contribution in [2.45, 2.75) is 19.3 Å². The lowest BCUT2D eigenvalue weighted by Gasteiger charge is -2.25. The molecular formula is C13H17NO3. The Kier molecular flexibility index (Phi) is 2.36. The van der Waals surface area contributed by atoms with Gasteiger partial charge in [0.05, 0.1) is 11.3 Å². The minimum absolute atomic E-state index is 0.00106. The average molecular weight is 235 g/mol. The molecule has 17 heavy (non-hydrogen) atoms. The highest BCUT2D eigenvalue weighted by Gasteiger charge is 2.71. The van der Waals surface area contributed by atoms with Crippen LogP contribution in [0.2, 0.25) is 0 Å². The smallest absolute Gasteiger partial charge is 0.224 e. The predicted octanol–water partition coefficient (Wildman–Crippen LogP) is 0.266. The van der Waals surface area contributed by atoms with E-state index in [1.165, 1.54) is 0 Å². The molecule has 4 atom stereocenters. The van der Waals surface area contributed by atoms with Crippen LogP contribution in [0.1, 0.15) is 19.3 Å². The summed E-state index contributed by atoms with van der Waals surface area (Å²) in [6.07, 6.45) is 6.33. The number of amides is 1. The van der Waals surface area contributed by atoms with E-state index in [-0.39, 0.29) is 35.5 Å². The van der Waals surface area contributed by atoms with Gasteiger partial charge >= 0.3 is 0 Å². The van der Waals surface area contributed by atoms with Crippen LogP contribution in [0.4, 0.5) is 0 Å². The minimum Gasteiger partial charge on any atom is -0.396 e. The molecule has 4 heteroatoms. The van der Waals surface area contributed by atoms with E-state index in [0.717, 1.165) is 6.42 Å². The fourth-order valence-corrected chi connectivity index (χ4v) is 3.64. The van der Waals surface area contributed by atoms with Crippen molar-refractivity contribution in [3.05, 3.63) is 12.2 Å². The number of rotatable bonds is 4. The summed E-state index contributed by atoms with van der Waals surface area (Å²) >= 11 is 0. The largest absolute Gasteiger partial charge is 0.396 e. The van der Waals surface area contributed by atoms with Gasteiger partial charge in [-0.3, -0.25) is 9.59 Å². The molecule has 0 radical (unpaired) electrons. The molecule has 1 spiro atoms. The number of fused-ring (bicyclic) bond motifs is 3. The fourth-order valence-electron chi connectivity index (χ4n) is 3.64. The zero-order valence-electron chi connectivity index (χ0n) is 9.69. The Labute approximate surface area is 100 Å². The molecule has 0 saturated heterocycles. The van der Waals surface area contributed by atoms with Crippen molar-refractivity contribution in [1.29, 1.82) is 0 Å². The van der Waals surface area contributed by atoms with Crippen LogP contribution < -0.4 is 5.32 Å². The molecule has 2 N–H and O–H groups in total. The first-order chi connectivity index (χ1) is 8.20. The van der Waals surface area contributed by atoms with E-state index in [4.69, 9.17) is 5.11 Å². The van der Waals surface area contributed by atoms with Crippen LogP contribution >= 0.6 is 0 Å². The third-order valence-electron chi connectivity index (χ3n) is 4.53. The maximum atomic E-state index is 12.1. The van der Waals surface area contributed by atoms with Crippen LogP contribution in [0.5, 0.6) is 0 Å². The molecular weight excluding hydrogens is 218 g/mol. The molecule has 0 heterocycles. The van der Waals surface area contributed by atoms with E-state index in [2.05, 4.69) is 17.5 Å². The standard InChI is InChI=1S/C13H17NO3/c15-5-1-4-14-12(17)11-8-2-3-9(6-8)13(11)7-10(13)16/h2-3,8-9,11,15H,1,4-7H2,(H,14,17)/t8?,9?,11-,13+/m0/s1. The van der Waals surface area contributed by atoms with E-state index >= 15 is 0 Å². The minimum atomic E-state index is -0.345. The number of aliphatic hydroxyl groups is 1. The highest BCUT2D eigenvalue weighted by molar-refractivity contribution is 6.06. The summed E-state index contributed by atoms with van der Waals surface area (Å²) < 4.78 is 0. The second-order valence-corrected chi connectivity index (χ2v) is 5.38. The van der Waals surface area contributed by atoms with E-state index in [0.29, 0.717) is 25.3 Å². The zero-order valence-corrected chi connectivity index (χ0v) is 9.69. The lowest BCUT2D eigenvalue weighted by atomic mass is 9.79. The molecule has 3 aliphatic carbocycles. The van der Waals surface area contributed by atoms with Gasteiger partial charge in [0.25, 0.3) is 0 Å². The number of aliphatic hydroxyl groups excluding tert-OH is 1. The Morgan fingerprint density at radius 3 is 2.94 bits per heavy atom. The normalized spacial score (nSPS) is 41.2. The molecule has 0 aromatic heterocycles. The molecule has 2 unspecified atom stereocenters. The van der Waals surface area contributed by atoms with Gasteiger partial charge < -0.3 is 10.4 Å². The molecule has 2 bridgehead atoms. The Bertz CT molecular complexity index is 403. The molecule has 2 saturated carbocycles. The molecule has 0 aromatic carbocycles. The quantitative estimate of drug-likeness (QED) is 0.543. The molecule has 0 aliphatic heterocycles. The second kappa shape index (κ2) is 3.67. The number of hydrogen-bond acceptors (Lipinski definition) is 3. The van der Waals surface area contributed by atoms with E-state index in [1.54, 1.807) is 0 Å². The molecule has 4 nitrogen and oxygen atoms in total. The number of allylic oxidation sites excluding steroid dienone is 2. The average Bonchev–Trinajstić information content (AvgIpc) is 2.71. The molecule has 2 fully saturated rings. The van der Waals surface area contributed by atoms with Crippen molar-refractivity contribution in [2.24, 2.45) is 23.2 Å². The number of hydrogen-bond donors (Lipinski definition) is 2. The SMILES string of the molecule is O=C(NCCCO)[C@@H]1C2C=CC(C2)[C@@]12CC2=O. The van der Waals surface area contributed by atoms with Crippen molar-refractivity contribution in [2.75, 3.05) is 13.2 Å². The first-order valence-corrected chi connectivity index (χ1v) is 6.30. The molecule has 3 rings (SSSR count). The maximum Gasteiger partial charge on any atom is 0.224 e. The number of nitrogens with one attached hydrogen (secondary N) is 1. The van der Waals surface area contributed by atoms with Crippen molar-refractivity contribution in [3.63, 3.8) is 0 Å². The Hall–Kier alpha value is -1.16. The van der Waals surface area contributed by atoms with Gasteiger partial charge in [0, 0.05) is 19.6 Å². The Morgan fingerprint density at radius 1 is 1.53 bits per heavy atom. The van der Waals surface area contributed by atoms with Crippen molar-refractivity contribution < 1.29 is 14.7 Å².